The van der Waals surface area contributed by atoms with E-state index in [9.17, 15) is 24.5 Å². The number of carbonyl (C=O) groups excluding carboxylic acids is 3. The summed E-state index contributed by atoms with van der Waals surface area (Å²) < 4.78 is 1.02. The number of ketones is 2. The summed E-state index contributed by atoms with van der Waals surface area (Å²) in [7, 11) is 0. The van der Waals surface area contributed by atoms with Gasteiger partial charge in [0.15, 0.2) is 5.52 Å². The molecule has 0 aliphatic rings. The van der Waals surface area contributed by atoms with E-state index < -0.39 is 29.6 Å². The SMILES string of the molecule is Cc1c(C(=O)CC(=O)C(=O)Nc2cc(Cl)ccc2Cl)[n+](=O)c2ccccc2n1O. The molecule has 1 heterocycles. The van der Waals surface area contributed by atoms with Crippen molar-refractivity contribution in [2.75, 3.05) is 5.32 Å². The zero-order valence-electron chi connectivity index (χ0n) is 15.0. The molecule has 0 radical (unpaired) electrons. The fourth-order valence-corrected chi connectivity index (χ4v) is 3.11. The van der Waals surface area contributed by atoms with E-state index in [-0.39, 0.29) is 27.4 Å². The van der Waals surface area contributed by atoms with Gasteiger partial charge in [-0.1, -0.05) is 35.3 Å². The predicted molar refractivity (Wildman–Crippen MR) is 106 cm³/mol. The largest absolute Gasteiger partial charge is 0.428 e. The Hall–Kier alpha value is -3.23. The van der Waals surface area contributed by atoms with Gasteiger partial charge in [-0.3, -0.25) is 14.4 Å². The Morgan fingerprint density at radius 3 is 2.55 bits per heavy atom. The number of nitrogens with one attached hydrogen (secondary N) is 1. The molecule has 10 heteroatoms. The first-order valence-electron chi connectivity index (χ1n) is 8.29. The Labute approximate surface area is 173 Å². The maximum atomic E-state index is 12.6. The Balaban J connectivity index is 1.87. The molecule has 8 nitrogen and oxygen atoms in total. The number of carbonyl (C=O) groups is 3. The van der Waals surface area contributed by atoms with Crippen LogP contribution >= 0.6 is 23.2 Å². The Morgan fingerprint density at radius 1 is 1.14 bits per heavy atom. The molecule has 0 spiro atoms. The van der Waals surface area contributed by atoms with Crippen LogP contribution in [0.4, 0.5) is 5.69 Å². The molecule has 0 saturated heterocycles. The number of amides is 1. The molecule has 0 unspecified atom stereocenters. The summed E-state index contributed by atoms with van der Waals surface area (Å²) in [6.45, 7) is 1.35. The van der Waals surface area contributed by atoms with Gasteiger partial charge in [0.25, 0.3) is 11.4 Å². The monoisotopic (exact) mass is 434 g/mol. The second-order valence-corrected chi connectivity index (χ2v) is 6.97. The lowest BCUT2D eigenvalue weighted by Crippen LogP contribution is -2.33. The van der Waals surface area contributed by atoms with Crippen LogP contribution in [0.1, 0.15) is 22.6 Å². The van der Waals surface area contributed by atoms with E-state index >= 15 is 0 Å². The molecule has 0 atom stereocenters. The number of hydrogen-bond donors (Lipinski definition) is 2. The summed E-state index contributed by atoms with van der Waals surface area (Å²) in [4.78, 5) is 49.5. The summed E-state index contributed by atoms with van der Waals surface area (Å²) in [6.07, 6.45) is -0.870. The maximum Gasteiger partial charge on any atom is 0.329 e. The van der Waals surface area contributed by atoms with Crippen LogP contribution in [0.2, 0.25) is 10.0 Å². The van der Waals surface area contributed by atoms with Crippen LogP contribution in [-0.4, -0.2) is 27.4 Å². The molecule has 1 amide bonds. The molecule has 29 heavy (non-hydrogen) atoms. The molecule has 3 aromatic rings. The van der Waals surface area contributed by atoms with E-state index in [1.807, 2.05) is 0 Å². The molecule has 148 valence electrons. The number of fused-ring (bicyclic) bond motifs is 1. The molecular weight excluding hydrogens is 421 g/mol. The molecule has 0 saturated carbocycles. The van der Waals surface area contributed by atoms with Crippen molar-refractivity contribution in [1.29, 1.82) is 0 Å². The Bertz CT molecular complexity index is 1240. The molecule has 0 bridgehead atoms. The van der Waals surface area contributed by atoms with E-state index in [1.165, 1.54) is 37.3 Å². The van der Waals surface area contributed by atoms with Crippen LogP contribution in [0, 0.1) is 11.8 Å². The van der Waals surface area contributed by atoms with Crippen molar-refractivity contribution in [3.63, 3.8) is 0 Å². The number of benzene rings is 2. The second kappa shape index (κ2) is 8.02. The van der Waals surface area contributed by atoms with Crippen LogP contribution in [0.25, 0.3) is 11.0 Å². The third kappa shape index (κ3) is 3.98. The average Bonchev–Trinajstić information content (AvgIpc) is 2.69. The van der Waals surface area contributed by atoms with Crippen molar-refractivity contribution in [3.8, 4) is 0 Å². The number of aromatic nitrogens is 2. The van der Waals surface area contributed by atoms with E-state index in [4.69, 9.17) is 23.2 Å². The van der Waals surface area contributed by atoms with Crippen LogP contribution in [-0.2, 0) is 9.59 Å². The predicted octanol–water partition coefficient (Wildman–Crippen LogP) is 3.19. The van der Waals surface area contributed by atoms with Crippen LogP contribution < -0.4 is 9.74 Å². The highest BCUT2D eigenvalue weighted by molar-refractivity contribution is 6.45. The first kappa shape index (κ1) is 20.5. The molecule has 2 N–H and O–H groups in total. The van der Waals surface area contributed by atoms with Crippen LogP contribution in [0.15, 0.2) is 42.5 Å². The fraction of sp³-hybridized carbons (Fsp3) is 0.105. The highest BCUT2D eigenvalue weighted by Crippen LogP contribution is 2.25. The Kier molecular flexibility index (Phi) is 5.67. The van der Waals surface area contributed by atoms with Gasteiger partial charge in [0.2, 0.25) is 11.6 Å². The molecule has 2 aromatic carbocycles. The van der Waals surface area contributed by atoms with Gasteiger partial charge >= 0.3 is 5.69 Å². The van der Waals surface area contributed by atoms with Gasteiger partial charge in [0, 0.05) is 16.0 Å². The molecule has 0 aliphatic heterocycles. The van der Waals surface area contributed by atoms with E-state index in [1.54, 1.807) is 12.1 Å². The summed E-state index contributed by atoms with van der Waals surface area (Å²) >= 11 is 11.8. The van der Waals surface area contributed by atoms with E-state index in [0.29, 0.717) is 14.2 Å². The quantitative estimate of drug-likeness (QED) is 0.210. The summed E-state index contributed by atoms with van der Waals surface area (Å²) in [5.41, 5.74) is -0.162. The normalized spacial score (nSPS) is 10.7. The highest BCUT2D eigenvalue weighted by Gasteiger charge is 2.31. The number of nitrogens with zero attached hydrogens (tertiary/aromatic N) is 2. The van der Waals surface area contributed by atoms with Crippen molar-refractivity contribution in [1.82, 2.24) is 4.73 Å². The van der Waals surface area contributed by atoms with Crippen molar-refractivity contribution >= 4 is 57.4 Å². The summed E-state index contributed by atoms with van der Waals surface area (Å²) in [5, 5.41) is 13.0. The van der Waals surface area contributed by atoms with Gasteiger partial charge in [-0.15, -0.1) is 0 Å². The second-order valence-electron chi connectivity index (χ2n) is 6.13. The van der Waals surface area contributed by atoms with Gasteiger partial charge in [-0.25, -0.2) is 0 Å². The van der Waals surface area contributed by atoms with Crippen molar-refractivity contribution in [2.24, 2.45) is 0 Å². The van der Waals surface area contributed by atoms with Gasteiger partial charge < -0.3 is 10.5 Å². The first-order chi connectivity index (χ1) is 13.7. The standard InChI is InChI=1S/C19H13Cl2N3O5/c1-10-18(24(29)15-5-3-2-4-14(15)23(10)28)16(25)9-17(26)19(27)22-13-8-11(20)6-7-12(13)21/h2-8,28H,9H2,1H3/p+1. The fourth-order valence-electron chi connectivity index (χ4n) is 2.77. The Morgan fingerprint density at radius 2 is 1.83 bits per heavy atom. The zero-order valence-corrected chi connectivity index (χ0v) is 16.5. The van der Waals surface area contributed by atoms with Gasteiger partial charge in [0.05, 0.1) is 21.6 Å². The van der Waals surface area contributed by atoms with Crippen LogP contribution in [0.3, 0.4) is 0 Å². The highest BCUT2D eigenvalue weighted by atomic mass is 35.5. The molecule has 0 aliphatic carbocycles. The lowest BCUT2D eigenvalue weighted by atomic mass is 10.1. The van der Waals surface area contributed by atoms with Gasteiger partial charge in [-0.2, -0.15) is 4.73 Å². The number of hydrogen-bond acceptors (Lipinski definition) is 5. The number of Topliss-reactive ketones (excluding diaryl/α,β-unsaturated/α-hetero) is 2. The third-order valence-corrected chi connectivity index (χ3v) is 4.77. The average molecular weight is 435 g/mol. The van der Waals surface area contributed by atoms with Crippen molar-refractivity contribution < 1.29 is 24.0 Å². The van der Waals surface area contributed by atoms with Crippen molar-refractivity contribution in [3.05, 3.63) is 68.8 Å². The molecular formula is C19H14Cl2N3O5+. The minimum atomic E-state index is -1.09. The number of halogens is 2. The molecule has 0 fully saturated rings. The van der Waals surface area contributed by atoms with Crippen molar-refractivity contribution in [2.45, 2.75) is 13.3 Å². The first-order valence-corrected chi connectivity index (χ1v) is 9.05. The molecule has 3 rings (SSSR count). The summed E-state index contributed by atoms with van der Waals surface area (Å²) in [5.74, 6) is -3.08. The topological polar surface area (TPSA) is 111 Å². The van der Waals surface area contributed by atoms with E-state index in [0.717, 1.165) is 0 Å². The van der Waals surface area contributed by atoms with E-state index in [2.05, 4.69) is 5.32 Å². The minimum absolute atomic E-state index is 0.0339. The van der Waals surface area contributed by atoms with Gasteiger partial charge in [0.1, 0.15) is 5.69 Å². The lowest BCUT2D eigenvalue weighted by molar-refractivity contribution is -0.469. The number of anilines is 1. The zero-order chi connectivity index (χ0) is 21.3. The summed E-state index contributed by atoms with van der Waals surface area (Å²) in [6, 6.07) is 10.4. The number of para-hydroxylation sites is 2. The smallest absolute Gasteiger partial charge is 0.329 e. The van der Waals surface area contributed by atoms with Gasteiger partial charge in [-0.05, 0) is 31.2 Å². The minimum Gasteiger partial charge on any atom is -0.428 e. The third-order valence-electron chi connectivity index (χ3n) is 4.21. The van der Waals surface area contributed by atoms with Crippen LogP contribution in [0.5, 0.6) is 0 Å². The lowest BCUT2D eigenvalue weighted by Gasteiger charge is -2.07. The number of rotatable bonds is 5. The molecule has 1 aromatic heterocycles. The maximum absolute atomic E-state index is 12.6.